The smallest absolute Gasteiger partial charge is 0.240 e. The van der Waals surface area contributed by atoms with E-state index in [0.717, 1.165) is 12.0 Å². The Labute approximate surface area is 175 Å². The second-order valence-corrected chi connectivity index (χ2v) is 6.55. The van der Waals surface area contributed by atoms with Gasteiger partial charge in [0.1, 0.15) is 0 Å². The van der Waals surface area contributed by atoms with E-state index in [1.165, 1.54) is 6.21 Å². The fourth-order valence-electron chi connectivity index (χ4n) is 2.35. The lowest BCUT2D eigenvalue weighted by Gasteiger charge is -2.10. The minimum Gasteiger partial charge on any atom is -0.493 e. The molecular formula is C21H24ClN3O4. The lowest BCUT2D eigenvalue weighted by molar-refractivity contribution is -0.124. The van der Waals surface area contributed by atoms with Gasteiger partial charge in [-0.05, 0) is 48.4 Å². The molecule has 2 N–H and O–H groups in total. The number of methoxy groups -OCH3 is 1. The third kappa shape index (κ3) is 7.83. The van der Waals surface area contributed by atoms with Gasteiger partial charge in [-0.3, -0.25) is 9.59 Å². The first-order valence-electron chi connectivity index (χ1n) is 9.20. The second-order valence-electron chi connectivity index (χ2n) is 6.11. The number of hydrogen-bond acceptors (Lipinski definition) is 5. The van der Waals surface area contributed by atoms with Crippen molar-refractivity contribution in [3.63, 3.8) is 0 Å². The molecule has 154 valence electrons. The molecule has 0 atom stereocenters. The molecule has 0 aromatic heterocycles. The predicted octanol–water partition coefficient (Wildman–Crippen LogP) is 4.01. The Kier molecular flexibility index (Phi) is 8.98. The van der Waals surface area contributed by atoms with Crippen molar-refractivity contribution < 1.29 is 19.1 Å². The van der Waals surface area contributed by atoms with Crippen molar-refractivity contribution >= 4 is 35.3 Å². The fourth-order valence-corrected chi connectivity index (χ4v) is 2.54. The fraction of sp³-hybridized carbons (Fsp3) is 0.286. The molecule has 0 aliphatic heterocycles. The number of anilines is 1. The van der Waals surface area contributed by atoms with E-state index in [0.29, 0.717) is 28.8 Å². The van der Waals surface area contributed by atoms with Crippen LogP contribution >= 0.6 is 11.6 Å². The molecule has 0 fully saturated rings. The molecule has 2 aromatic carbocycles. The zero-order valence-corrected chi connectivity index (χ0v) is 17.2. The molecule has 0 unspecified atom stereocenters. The highest BCUT2D eigenvalue weighted by molar-refractivity contribution is 6.30. The molecular weight excluding hydrogens is 394 g/mol. The molecule has 0 aliphatic rings. The quantitative estimate of drug-likeness (QED) is 0.451. The maximum Gasteiger partial charge on any atom is 0.240 e. The molecule has 0 heterocycles. The number of halogens is 1. The van der Waals surface area contributed by atoms with Crippen molar-refractivity contribution in [1.82, 2.24) is 5.43 Å². The van der Waals surface area contributed by atoms with Crippen LogP contribution in [0.5, 0.6) is 11.5 Å². The maximum atomic E-state index is 11.9. The van der Waals surface area contributed by atoms with Crippen molar-refractivity contribution in [2.24, 2.45) is 5.10 Å². The predicted molar refractivity (Wildman–Crippen MR) is 114 cm³/mol. The van der Waals surface area contributed by atoms with Crippen LogP contribution < -0.4 is 20.2 Å². The zero-order valence-electron chi connectivity index (χ0n) is 16.4. The number of benzene rings is 2. The van der Waals surface area contributed by atoms with E-state index in [4.69, 9.17) is 21.1 Å². The Bertz CT molecular complexity index is 871. The van der Waals surface area contributed by atoms with E-state index in [2.05, 4.69) is 15.8 Å². The zero-order chi connectivity index (χ0) is 21.1. The third-order valence-corrected chi connectivity index (χ3v) is 3.97. The molecule has 0 bridgehead atoms. The first kappa shape index (κ1) is 22.2. The standard InChI is InChI=1S/C21H24ClN3O4/c1-3-11-29-18-8-7-15(12-19(18)28-2)14-23-25-21(27)10-9-20(26)24-17-6-4-5-16(22)13-17/h4-8,12-14H,3,9-11H2,1-2H3,(H,24,26)(H,25,27)/b23-14+. The Morgan fingerprint density at radius 2 is 1.90 bits per heavy atom. The molecule has 2 aromatic rings. The molecule has 7 nitrogen and oxygen atoms in total. The number of carbonyl (C=O) groups is 2. The number of nitrogens with one attached hydrogen (secondary N) is 2. The SMILES string of the molecule is CCCOc1ccc(/C=N/NC(=O)CCC(=O)Nc2cccc(Cl)c2)cc1OC. The summed E-state index contributed by atoms with van der Waals surface area (Å²) in [5.74, 6) is 0.601. The van der Waals surface area contributed by atoms with E-state index in [1.54, 1.807) is 43.5 Å². The number of hydrogen-bond donors (Lipinski definition) is 2. The molecule has 0 radical (unpaired) electrons. The van der Waals surface area contributed by atoms with Gasteiger partial charge in [-0.1, -0.05) is 24.6 Å². The summed E-state index contributed by atoms with van der Waals surface area (Å²) in [5, 5.41) is 7.12. The van der Waals surface area contributed by atoms with Crippen molar-refractivity contribution in [2.75, 3.05) is 19.0 Å². The van der Waals surface area contributed by atoms with Gasteiger partial charge in [0.2, 0.25) is 11.8 Å². The van der Waals surface area contributed by atoms with E-state index in [-0.39, 0.29) is 24.7 Å². The Morgan fingerprint density at radius 3 is 2.62 bits per heavy atom. The van der Waals surface area contributed by atoms with Crippen LogP contribution in [0.3, 0.4) is 0 Å². The highest BCUT2D eigenvalue weighted by Crippen LogP contribution is 2.27. The van der Waals surface area contributed by atoms with Crippen molar-refractivity contribution in [3.05, 3.63) is 53.1 Å². The number of ether oxygens (including phenoxy) is 2. The van der Waals surface area contributed by atoms with Gasteiger partial charge in [-0.2, -0.15) is 5.10 Å². The molecule has 2 amide bonds. The third-order valence-electron chi connectivity index (χ3n) is 3.74. The van der Waals surface area contributed by atoms with Gasteiger partial charge in [0.15, 0.2) is 11.5 Å². The van der Waals surface area contributed by atoms with Gasteiger partial charge in [-0.25, -0.2) is 5.43 Å². The van der Waals surface area contributed by atoms with Gasteiger partial charge in [0.25, 0.3) is 0 Å². The van der Waals surface area contributed by atoms with E-state index in [1.807, 2.05) is 13.0 Å². The molecule has 0 aliphatic carbocycles. The molecule has 8 heteroatoms. The van der Waals surface area contributed by atoms with Crippen molar-refractivity contribution in [1.29, 1.82) is 0 Å². The van der Waals surface area contributed by atoms with Crippen molar-refractivity contribution in [3.8, 4) is 11.5 Å². The number of carbonyl (C=O) groups excluding carboxylic acids is 2. The Hall–Kier alpha value is -3.06. The Balaban J connectivity index is 1.79. The number of hydrazone groups is 1. The molecule has 0 spiro atoms. The van der Waals surface area contributed by atoms with Gasteiger partial charge in [-0.15, -0.1) is 0 Å². The van der Waals surface area contributed by atoms with Crippen LogP contribution in [-0.4, -0.2) is 31.7 Å². The molecule has 29 heavy (non-hydrogen) atoms. The highest BCUT2D eigenvalue weighted by atomic mass is 35.5. The average molecular weight is 418 g/mol. The van der Waals surface area contributed by atoms with Gasteiger partial charge < -0.3 is 14.8 Å². The van der Waals surface area contributed by atoms with Gasteiger partial charge in [0, 0.05) is 23.6 Å². The van der Waals surface area contributed by atoms with E-state index >= 15 is 0 Å². The average Bonchev–Trinajstić information content (AvgIpc) is 2.71. The van der Waals surface area contributed by atoms with Crippen LogP contribution in [0, 0.1) is 0 Å². The summed E-state index contributed by atoms with van der Waals surface area (Å²) >= 11 is 5.87. The lowest BCUT2D eigenvalue weighted by Crippen LogP contribution is -2.20. The van der Waals surface area contributed by atoms with Crippen LogP contribution in [-0.2, 0) is 9.59 Å². The summed E-state index contributed by atoms with van der Waals surface area (Å²) in [5.41, 5.74) is 3.73. The molecule has 0 saturated heterocycles. The van der Waals surface area contributed by atoms with Crippen LogP contribution in [0.2, 0.25) is 5.02 Å². The highest BCUT2D eigenvalue weighted by Gasteiger charge is 2.08. The molecule has 2 rings (SSSR count). The number of rotatable bonds is 10. The second kappa shape index (κ2) is 11.7. The maximum absolute atomic E-state index is 11.9. The van der Waals surface area contributed by atoms with Crippen LogP contribution in [0.4, 0.5) is 5.69 Å². The van der Waals surface area contributed by atoms with Crippen LogP contribution in [0.25, 0.3) is 0 Å². The van der Waals surface area contributed by atoms with Gasteiger partial charge >= 0.3 is 0 Å². The number of amides is 2. The van der Waals surface area contributed by atoms with Crippen LogP contribution in [0.15, 0.2) is 47.6 Å². The van der Waals surface area contributed by atoms with Gasteiger partial charge in [0.05, 0.1) is 19.9 Å². The largest absolute Gasteiger partial charge is 0.493 e. The summed E-state index contributed by atoms with van der Waals surface area (Å²) in [4.78, 5) is 23.8. The first-order chi connectivity index (χ1) is 14.0. The summed E-state index contributed by atoms with van der Waals surface area (Å²) < 4.78 is 10.9. The minimum absolute atomic E-state index is 0.0108. The minimum atomic E-state index is -0.364. The summed E-state index contributed by atoms with van der Waals surface area (Å²) in [6.07, 6.45) is 2.44. The van der Waals surface area contributed by atoms with E-state index in [9.17, 15) is 9.59 Å². The summed E-state index contributed by atoms with van der Waals surface area (Å²) in [7, 11) is 1.56. The lowest BCUT2D eigenvalue weighted by atomic mass is 10.2. The normalized spacial score (nSPS) is 10.6. The first-order valence-corrected chi connectivity index (χ1v) is 9.57. The monoisotopic (exact) mass is 417 g/mol. The number of nitrogens with zero attached hydrogens (tertiary/aromatic N) is 1. The topological polar surface area (TPSA) is 89.0 Å². The van der Waals surface area contributed by atoms with Crippen LogP contribution in [0.1, 0.15) is 31.7 Å². The molecule has 0 saturated carbocycles. The summed E-state index contributed by atoms with van der Waals surface area (Å²) in [6, 6.07) is 12.2. The Morgan fingerprint density at radius 1 is 1.10 bits per heavy atom. The van der Waals surface area contributed by atoms with Crippen molar-refractivity contribution in [2.45, 2.75) is 26.2 Å². The van der Waals surface area contributed by atoms with E-state index < -0.39 is 0 Å². The summed E-state index contributed by atoms with van der Waals surface area (Å²) in [6.45, 7) is 2.63.